The molecule has 0 unspecified atom stereocenters. The number of aryl methyl sites for hydroxylation is 1. The van der Waals surface area contributed by atoms with Gasteiger partial charge in [-0.2, -0.15) is 19.9 Å². The third-order valence-corrected chi connectivity index (χ3v) is 14.5. The van der Waals surface area contributed by atoms with E-state index < -0.39 is 5.97 Å². The first-order valence-corrected chi connectivity index (χ1v) is 26.7. The van der Waals surface area contributed by atoms with Gasteiger partial charge in [-0.1, -0.05) is 0 Å². The molecule has 10 rings (SSSR count). The molecule has 78 heavy (non-hydrogen) atoms. The molecular formula is C53H62BrN13O9S2. The van der Waals surface area contributed by atoms with Crippen LogP contribution in [-0.2, 0) is 22.4 Å². The maximum Gasteiger partial charge on any atom is 0.306 e. The maximum absolute atomic E-state index is 12.8. The van der Waals surface area contributed by atoms with Crippen molar-refractivity contribution in [2.75, 3.05) is 81.6 Å². The van der Waals surface area contributed by atoms with Crippen LogP contribution in [0.15, 0.2) is 93.7 Å². The van der Waals surface area contributed by atoms with Gasteiger partial charge in [-0.25, -0.2) is 9.97 Å². The number of hydrogen-bond donors (Lipinski definition) is 6. The van der Waals surface area contributed by atoms with Gasteiger partial charge in [0, 0.05) is 86.6 Å². The average Bonchev–Trinajstić information content (AvgIpc) is 4.16. The Balaban J connectivity index is 0.000000194. The molecule has 2 fully saturated rings. The lowest BCUT2D eigenvalue weighted by molar-refractivity contribution is -0.142. The van der Waals surface area contributed by atoms with Crippen LogP contribution in [0.5, 0.6) is 23.0 Å². The minimum Gasteiger partial charge on any atom is -0.493 e. The van der Waals surface area contributed by atoms with E-state index in [1.807, 2.05) is 53.4 Å². The highest BCUT2D eigenvalue weighted by atomic mass is 79.9. The van der Waals surface area contributed by atoms with Crippen LogP contribution in [0.4, 0.5) is 34.9 Å². The summed E-state index contributed by atoms with van der Waals surface area (Å²) in [5, 5.41) is 15.9. The number of aromatic amines is 2. The number of carboxylic acid groups (broad SMARTS) is 1. The highest BCUT2D eigenvalue weighted by Crippen LogP contribution is 2.36. The van der Waals surface area contributed by atoms with E-state index in [1.54, 1.807) is 64.0 Å². The van der Waals surface area contributed by atoms with Gasteiger partial charge in [0.2, 0.25) is 23.0 Å². The first-order chi connectivity index (χ1) is 37.4. The maximum atomic E-state index is 12.8. The van der Waals surface area contributed by atoms with Crippen LogP contribution in [0.2, 0.25) is 0 Å². The molecule has 8 aromatic rings. The second kappa shape index (κ2) is 28.1. The fourth-order valence-corrected chi connectivity index (χ4v) is 10.2. The van der Waals surface area contributed by atoms with Crippen molar-refractivity contribution < 1.29 is 33.6 Å². The summed E-state index contributed by atoms with van der Waals surface area (Å²) < 4.78 is 21.4. The Hall–Kier alpha value is -7.74. The molecule has 7 N–H and O–H groups in total. The van der Waals surface area contributed by atoms with Crippen molar-refractivity contribution in [2.45, 2.75) is 51.4 Å². The summed E-state index contributed by atoms with van der Waals surface area (Å²) in [7, 11) is 6.38. The number of H-pyrrole nitrogens is 2. The molecule has 0 aliphatic carbocycles. The summed E-state index contributed by atoms with van der Waals surface area (Å²) in [5.74, 6) is 4.24. The van der Waals surface area contributed by atoms with Crippen molar-refractivity contribution in [3.8, 4) is 23.0 Å². The molecule has 0 atom stereocenters. The smallest absolute Gasteiger partial charge is 0.306 e. The Kier molecular flexibility index (Phi) is 20.8. The number of pyridine rings is 2. The molecule has 2 saturated heterocycles. The number of nitrogens with zero attached hydrogens (tertiary/aromatic N) is 8. The average molecular weight is 1170 g/mol. The Labute approximate surface area is 467 Å². The molecule has 8 heterocycles. The van der Waals surface area contributed by atoms with Crippen LogP contribution in [0.25, 0.3) is 20.7 Å². The number of nitrogens with one attached hydrogen (secondary N) is 4. The summed E-state index contributed by atoms with van der Waals surface area (Å²) in [6.07, 6.45) is 8.76. The molecule has 2 aromatic carbocycles. The monoisotopic (exact) mass is 1170 g/mol. The lowest BCUT2D eigenvalue weighted by Gasteiger charge is -2.31. The van der Waals surface area contributed by atoms with Crippen LogP contribution in [0.1, 0.15) is 49.7 Å². The van der Waals surface area contributed by atoms with E-state index in [2.05, 4.69) is 45.4 Å². The third kappa shape index (κ3) is 15.0. The van der Waals surface area contributed by atoms with E-state index in [-0.39, 0.29) is 39.9 Å². The van der Waals surface area contributed by atoms with Gasteiger partial charge in [0.15, 0.2) is 44.3 Å². The number of benzene rings is 2. The number of halogens is 1. The number of rotatable bonds is 18. The van der Waals surface area contributed by atoms with Crippen molar-refractivity contribution in [3.63, 3.8) is 0 Å². The van der Waals surface area contributed by atoms with E-state index in [0.717, 1.165) is 64.3 Å². The molecule has 0 bridgehead atoms. The second-order valence-electron chi connectivity index (χ2n) is 18.0. The molecule has 0 radical (unpaired) electrons. The van der Waals surface area contributed by atoms with Crippen molar-refractivity contribution in [1.82, 2.24) is 39.9 Å². The molecule has 0 amide bonds. The van der Waals surface area contributed by atoms with Crippen molar-refractivity contribution in [2.24, 2.45) is 17.6 Å². The lowest BCUT2D eigenvalue weighted by Crippen LogP contribution is -2.37. The topological polar surface area (TPSA) is 291 Å². The number of carbonyl (C=O) groups excluding carboxylic acids is 1. The molecule has 412 valence electrons. The number of anilines is 6. The largest absolute Gasteiger partial charge is 0.493 e. The summed E-state index contributed by atoms with van der Waals surface area (Å²) in [5.41, 5.74) is 13.6. The predicted molar refractivity (Wildman–Crippen MR) is 309 cm³/mol. The number of Topliss-reactive ketones (excluding diaryl/α,β-unsaturated/α-hetero) is 1. The normalized spacial score (nSPS) is 13.6. The summed E-state index contributed by atoms with van der Waals surface area (Å²) >= 11 is 2.91. The molecule has 0 saturated carbocycles. The van der Waals surface area contributed by atoms with E-state index in [4.69, 9.17) is 34.6 Å². The highest BCUT2D eigenvalue weighted by molar-refractivity contribution is 8.93. The fourth-order valence-electron chi connectivity index (χ4n) is 8.91. The number of ketones is 1. The van der Waals surface area contributed by atoms with Gasteiger partial charge in [-0.3, -0.25) is 19.2 Å². The molecule has 22 nitrogen and oxygen atoms in total. The number of methoxy groups -OCH3 is 4. The SMILES string of the molecule is Br.COc1ccc(Nc2nc(N3CCC(C(=O)CCCc4cc[nH]c(=O)c4)CC3)nc3scnc23)cc1OC.COc1ccc(Nc2nc(N3CCC(C(=O)O)CC3)nc3scnc23)cc1OC.NCCc1cc[nH]c(=O)c1. The summed E-state index contributed by atoms with van der Waals surface area (Å²) in [4.78, 5) is 84.8. The standard InChI is InChI=1S/C27H30N6O4S.C19H21N5O4S.C7H10N2O.BrH/c1-36-21-7-6-19(15-22(21)37-2)30-25-24-26(38-16-29-24)32-27(31-25)33-12-9-18(10-13-33)20(34)5-3-4-17-8-11-28-23(35)14-17;1-27-13-4-3-12(9-14(13)28-2)21-16-15-17(29-10-20-15)23-19(22-16)24-7-5-11(6-8-24)18(25)26;8-3-1-6-2-4-9-7(10)5-6;/h6-8,11,14-16,18H,3-5,9-10,12-13H2,1-2H3,(H,28,35)(H,30,31,32);3-4,9-11H,5-8H2,1-2H3,(H,25,26)(H,21,22,23);2,4-5H,1,3,8H2,(H,9,10);1H. The molecule has 25 heteroatoms. The van der Waals surface area contributed by atoms with Gasteiger partial charge >= 0.3 is 5.97 Å². The lowest BCUT2D eigenvalue weighted by atomic mass is 9.90. The number of carboxylic acids is 1. The predicted octanol–water partition coefficient (Wildman–Crippen LogP) is 7.95. The Bertz CT molecular complexity index is 3400. The van der Waals surface area contributed by atoms with E-state index in [0.29, 0.717) is 115 Å². The van der Waals surface area contributed by atoms with Gasteiger partial charge in [-0.15, -0.1) is 39.7 Å². The first kappa shape index (κ1) is 58.0. The highest BCUT2D eigenvalue weighted by Gasteiger charge is 2.28. The first-order valence-electron chi connectivity index (χ1n) is 25.0. The summed E-state index contributed by atoms with van der Waals surface area (Å²) in [6, 6.07) is 18.0. The van der Waals surface area contributed by atoms with Crippen LogP contribution in [0.3, 0.4) is 0 Å². The number of nitrogens with two attached hydrogens (primary N) is 1. The van der Waals surface area contributed by atoms with Crippen molar-refractivity contribution in [3.05, 3.63) is 116 Å². The fraction of sp³-hybridized carbons (Fsp3) is 0.358. The molecule has 2 aliphatic heterocycles. The van der Waals surface area contributed by atoms with Gasteiger partial charge < -0.3 is 60.2 Å². The zero-order valence-corrected chi connectivity index (χ0v) is 46.9. The summed E-state index contributed by atoms with van der Waals surface area (Å²) in [6.45, 7) is 3.23. The van der Waals surface area contributed by atoms with Crippen molar-refractivity contribution in [1.29, 1.82) is 0 Å². The van der Waals surface area contributed by atoms with Gasteiger partial charge in [0.05, 0.1) is 45.4 Å². The van der Waals surface area contributed by atoms with E-state index >= 15 is 0 Å². The molecule has 2 aliphatic rings. The number of fused-ring (bicyclic) bond motifs is 2. The van der Waals surface area contributed by atoms with Gasteiger partial charge in [0.1, 0.15) is 16.8 Å². The number of aliphatic carboxylic acids is 1. The number of ether oxygens (including phenoxy) is 4. The van der Waals surface area contributed by atoms with Crippen LogP contribution < -0.4 is 56.2 Å². The molecule has 0 spiro atoms. The molecule has 6 aromatic heterocycles. The van der Waals surface area contributed by atoms with Crippen LogP contribution >= 0.6 is 39.7 Å². The Morgan fingerprint density at radius 1 is 0.641 bits per heavy atom. The van der Waals surface area contributed by atoms with E-state index in [1.165, 1.54) is 22.7 Å². The number of hydrogen-bond acceptors (Lipinski definition) is 21. The third-order valence-electron chi connectivity index (χ3n) is 13.0. The Morgan fingerprint density at radius 2 is 1.09 bits per heavy atom. The zero-order chi connectivity index (χ0) is 54.3. The number of aromatic nitrogens is 8. The number of thiazole rings is 2. The minimum atomic E-state index is -0.737. The quantitative estimate of drug-likeness (QED) is 0.0475. The van der Waals surface area contributed by atoms with Crippen molar-refractivity contribution >= 4 is 107 Å². The number of carbonyl (C=O) groups is 2. The van der Waals surface area contributed by atoms with Crippen LogP contribution in [-0.4, -0.2) is 118 Å². The Morgan fingerprint density at radius 3 is 1.51 bits per heavy atom. The van der Waals surface area contributed by atoms with E-state index in [9.17, 15) is 24.3 Å². The second-order valence-corrected chi connectivity index (χ2v) is 19.7. The number of piperidine rings is 2. The van der Waals surface area contributed by atoms with Crippen LogP contribution in [0, 0.1) is 11.8 Å². The van der Waals surface area contributed by atoms with Gasteiger partial charge in [0.25, 0.3) is 0 Å². The zero-order valence-electron chi connectivity index (χ0n) is 43.5. The molecular weight excluding hydrogens is 1110 g/mol. The minimum absolute atomic E-state index is 0. The van der Waals surface area contributed by atoms with Gasteiger partial charge in [-0.05, 0) is 99.0 Å².